The first-order valence-electron chi connectivity index (χ1n) is 20.8. The van der Waals surface area contributed by atoms with Crippen LogP contribution in [-0.2, 0) is 14.9 Å². The highest BCUT2D eigenvalue weighted by molar-refractivity contribution is 7.90. The number of nitriles is 3. The minimum absolute atomic E-state index is 0.0498. The number of hydrogen-bond acceptors (Lipinski definition) is 15. The second kappa shape index (κ2) is 21.5. The second-order valence-corrected chi connectivity index (χ2v) is 18.1. The Balaban J connectivity index is 0.000000184. The summed E-state index contributed by atoms with van der Waals surface area (Å²) in [5.41, 5.74) is 1.92. The van der Waals surface area contributed by atoms with Crippen molar-refractivity contribution in [2.75, 3.05) is 78.3 Å². The Hall–Kier alpha value is -6.59. The fourth-order valence-corrected chi connectivity index (χ4v) is 8.36. The molecule has 18 nitrogen and oxygen atoms in total. The summed E-state index contributed by atoms with van der Waals surface area (Å²) < 4.78 is 34.7. The van der Waals surface area contributed by atoms with Crippen LogP contribution >= 0.6 is 0 Å². The van der Waals surface area contributed by atoms with Gasteiger partial charge in [-0.25, -0.2) is 24.7 Å². The zero-order chi connectivity index (χ0) is 45.7. The lowest BCUT2D eigenvalue weighted by Gasteiger charge is -2.40. The van der Waals surface area contributed by atoms with Gasteiger partial charge in [0.1, 0.15) is 47.1 Å². The fraction of sp³-hybridized carbons (Fsp3) is 0.455. The van der Waals surface area contributed by atoms with Crippen LogP contribution < -0.4 is 24.7 Å². The van der Waals surface area contributed by atoms with Crippen LogP contribution in [0.2, 0.25) is 0 Å². The molecule has 0 radical (unpaired) electrons. The maximum absolute atomic E-state index is 12.6. The molecule has 7 heterocycles. The van der Waals surface area contributed by atoms with Gasteiger partial charge < -0.3 is 29.7 Å². The lowest BCUT2D eigenvalue weighted by Crippen LogP contribution is -2.55. The number of carbonyl (C=O) groups excluding carboxylic acids is 1. The van der Waals surface area contributed by atoms with E-state index in [0.717, 1.165) is 42.8 Å². The summed E-state index contributed by atoms with van der Waals surface area (Å²) in [5.74, 6) is 2.84. The molecule has 3 atom stereocenters. The van der Waals surface area contributed by atoms with Crippen molar-refractivity contribution in [3.05, 3.63) is 95.6 Å². The van der Waals surface area contributed by atoms with Crippen LogP contribution in [-0.4, -0.2) is 126 Å². The molecule has 19 heteroatoms. The molecule has 7 rings (SSSR count). The van der Waals surface area contributed by atoms with E-state index in [1.165, 1.54) is 10.5 Å². The minimum atomic E-state index is -3.67. The highest BCUT2D eigenvalue weighted by atomic mass is 32.2. The highest BCUT2D eigenvalue weighted by Crippen LogP contribution is 2.23. The number of carbonyl (C=O) groups is 1. The molecule has 0 bridgehead atoms. The zero-order valence-corrected chi connectivity index (χ0v) is 37.7. The first-order valence-corrected chi connectivity index (χ1v) is 22.2. The van der Waals surface area contributed by atoms with E-state index in [1.807, 2.05) is 69.9 Å². The average molecular weight is 877 g/mol. The van der Waals surface area contributed by atoms with Gasteiger partial charge in [0.2, 0.25) is 0 Å². The van der Waals surface area contributed by atoms with Gasteiger partial charge >= 0.3 is 16.3 Å². The van der Waals surface area contributed by atoms with Crippen LogP contribution in [0.1, 0.15) is 63.9 Å². The van der Waals surface area contributed by atoms with Gasteiger partial charge in [-0.3, -0.25) is 4.72 Å². The number of rotatable bonds is 6. The number of aromatic nitrogens is 4. The Kier molecular flexibility index (Phi) is 16.2. The first kappa shape index (κ1) is 47.5. The average Bonchev–Trinajstić information content (AvgIpc) is 3.26. The van der Waals surface area contributed by atoms with E-state index in [9.17, 15) is 13.2 Å². The van der Waals surface area contributed by atoms with Crippen molar-refractivity contribution in [2.45, 2.75) is 72.2 Å². The van der Waals surface area contributed by atoms with Crippen LogP contribution in [0.25, 0.3) is 0 Å². The molecule has 63 heavy (non-hydrogen) atoms. The molecule has 1 amide bonds. The summed E-state index contributed by atoms with van der Waals surface area (Å²) in [6.07, 6.45) is 4.45. The summed E-state index contributed by atoms with van der Waals surface area (Å²) in [4.78, 5) is 37.4. The molecular weight excluding hydrogens is 821 g/mol. The van der Waals surface area contributed by atoms with Gasteiger partial charge in [-0.15, -0.1) is 0 Å². The Bertz CT molecular complexity index is 2370. The number of ether oxygens (including phenoxy) is 1. The zero-order valence-electron chi connectivity index (χ0n) is 36.9. The number of anilines is 4. The van der Waals surface area contributed by atoms with Crippen LogP contribution in [0.5, 0.6) is 0 Å². The van der Waals surface area contributed by atoms with Crippen molar-refractivity contribution in [1.29, 1.82) is 15.8 Å². The summed E-state index contributed by atoms with van der Waals surface area (Å²) >= 11 is 0. The van der Waals surface area contributed by atoms with Crippen molar-refractivity contribution in [2.24, 2.45) is 0 Å². The fourth-order valence-electron chi connectivity index (χ4n) is 7.12. The Morgan fingerprint density at radius 1 is 0.730 bits per heavy atom. The number of amides is 1. The standard InChI is InChI=1S/C17H20N6O2S.C16H22N4O2.C11H14N4/c1-13-4-3-5-16(20-13)21-26(24,25)22-8-9-23(14(2)12-22)17-7-6-15(10-18)11-19-17;1-12-11-19(15(21)22-16(2,3)4)7-8-20(12)14-6-5-13(9-17)10-18-14;1-9-7-13-4-5-15(9)11-3-2-10(6-12)8-14-11/h3-7,11,14H,8-9,12H2,1-2H3,(H,20,21);5-6,10,12H,7-8,11H2,1-4H3;2-3,8-9,13H,4-5,7H2,1H3/t14-;12-;9-/m111/s1. The lowest BCUT2D eigenvalue weighted by molar-refractivity contribution is 0.0218. The molecule has 0 aliphatic carbocycles. The van der Waals surface area contributed by atoms with Crippen molar-refractivity contribution in [1.82, 2.24) is 34.5 Å². The molecule has 4 aromatic rings. The summed E-state index contributed by atoms with van der Waals surface area (Å²) in [6, 6.07) is 22.8. The molecule has 0 spiro atoms. The highest BCUT2D eigenvalue weighted by Gasteiger charge is 2.33. The third kappa shape index (κ3) is 13.4. The first-order chi connectivity index (χ1) is 30.0. The van der Waals surface area contributed by atoms with Gasteiger partial charge in [-0.2, -0.15) is 28.5 Å². The quantitative estimate of drug-likeness (QED) is 0.269. The third-order valence-electron chi connectivity index (χ3n) is 10.3. The van der Waals surface area contributed by atoms with Crippen molar-refractivity contribution < 1.29 is 17.9 Å². The SMILES string of the molecule is C[C@@H]1CN(C(=O)OC(C)(C)C)CCN1c1ccc(C#N)cn1.C[C@@H]1CNCCN1c1ccc(C#N)cn1.Cc1cccc(NS(=O)(=O)N2CCN(c3ccc(C#N)cn3)[C@H](C)C2)n1. The number of pyridine rings is 4. The maximum Gasteiger partial charge on any atom is 0.410 e. The van der Waals surface area contributed by atoms with E-state index in [0.29, 0.717) is 67.8 Å². The van der Waals surface area contributed by atoms with Crippen molar-refractivity contribution >= 4 is 39.6 Å². The Labute approximate surface area is 370 Å². The van der Waals surface area contributed by atoms with Crippen LogP contribution in [0.4, 0.5) is 28.1 Å². The predicted octanol–water partition coefficient (Wildman–Crippen LogP) is 4.67. The molecule has 0 aromatic carbocycles. The lowest BCUT2D eigenvalue weighted by atomic mass is 10.2. The third-order valence-corrected chi connectivity index (χ3v) is 11.8. The monoisotopic (exact) mass is 876 g/mol. The second-order valence-electron chi connectivity index (χ2n) is 16.4. The largest absolute Gasteiger partial charge is 0.444 e. The van der Waals surface area contributed by atoms with Gasteiger partial charge in [-0.05, 0) is 97.0 Å². The van der Waals surface area contributed by atoms with E-state index < -0.39 is 15.8 Å². The Morgan fingerprint density at radius 3 is 1.67 bits per heavy atom. The summed E-state index contributed by atoms with van der Waals surface area (Å²) in [5, 5.41) is 29.7. The van der Waals surface area contributed by atoms with E-state index in [4.69, 9.17) is 20.5 Å². The molecular formula is C44H56N14O4S. The van der Waals surface area contributed by atoms with Gasteiger partial charge in [-0.1, -0.05) is 6.07 Å². The van der Waals surface area contributed by atoms with E-state index >= 15 is 0 Å². The molecule has 332 valence electrons. The number of aryl methyl sites for hydroxylation is 1. The van der Waals surface area contributed by atoms with Crippen LogP contribution in [0.15, 0.2) is 73.2 Å². The molecule has 2 N–H and O–H groups in total. The minimum Gasteiger partial charge on any atom is -0.444 e. The smallest absolute Gasteiger partial charge is 0.410 e. The molecule has 0 saturated carbocycles. The van der Waals surface area contributed by atoms with Gasteiger partial charge in [0.15, 0.2) is 0 Å². The van der Waals surface area contributed by atoms with Crippen molar-refractivity contribution in [3.63, 3.8) is 0 Å². The molecule has 3 fully saturated rings. The molecule has 3 saturated heterocycles. The van der Waals surface area contributed by atoms with Crippen molar-refractivity contribution in [3.8, 4) is 18.2 Å². The number of nitrogens with one attached hydrogen (secondary N) is 2. The van der Waals surface area contributed by atoms with E-state index in [1.54, 1.807) is 47.6 Å². The normalized spacial score (nSPS) is 19.1. The van der Waals surface area contributed by atoms with Gasteiger partial charge in [0.05, 0.1) is 16.7 Å². The molecule has 4 aromatic heterocycles. The van der Waals surface area contributed by atoms with E-state index in [-0.39, 0.29) is 18.2 Å². The van der Waals surface area contributed by atoms with Gasteiger partial charge in [0, 0.05) is 101 Å². The van der Waals surface area contributed by atoms with E-state index in [2.05, 4.69) is 65.8 Å². The summed E-state index contributed by atoms with van der Waals surface area (Å²) in [7, 11) is -3.67. The molecule has 3 aliphatic heterocycles. The number of piperazine rings is 3. The molecule has 3 aliphatic rings. The number of nitrogens with zero attached hydrogens (tertiary/aromatic N) is 12. The maximum atomic E-state index is 12.6. The van der Waals surface area contributed by atoms with Crippen LogP contribution in [0.3, 0.4) is 0 Å². The predicted molar refractivity (Wildman–Crippen MR) is 241 cm³/mol. The molecule has 0 unspecified atom stereocenters. The topological polar surface area (TPSA) is 224 Å². The summed E-state index contributed by atoms with van der Waals surface area (Å²) in [6.45, 7) is 19.6. The van der Waals surface area contributed by atoms with Crippen LogP contribution in [0, 0.1) is 40.9 Å². The number of hydrogen-bond donors (Lipinski definition) is 2. The van der Waals surface area contributed by atoms with Gasteiger partial charge in [0.25, 0.3) is 0 Å². The Morgan fingerprint density at radius 2 is 1.24 bits per heavy atom.